The van der Waals surface area contributed by atoms with Gasteiger partial charge in [-0.1, -0.05) is 17.7 Å². The van der Waals surface area contributed by atoms with E-state index in [1.54, 1.807) is 26.1 Å². The second-order valence-electron chi connectivity index (χ2n) is 4.25. The minimum absolute atomic E-state index is 0.366. The number of nitrogens with one attached hydrogen (secondary N) is 1. The maximum atomic E-state index is 13.0. The molecule has 4 nitrogen and oxygen atoms in total. The Morgan fingerprint density at radius 3 is 2.85 bits per heavy atom. The highest BCUT2D eigenvalue weighted by molar-refractivity contribution is 6.31. The summed E-state index contributed by atoms with van der Waals surface area (Å²) in [5.41, 5.74) is 1.81. The average Bonchev–Trinajstić information content (AvgIpc) is 2.61. The van der Waals surface area contributed by atoms with Crippen molar-refractivity contribution in [2.75, 3.05) is 5.32 Å². The van der Waals surface area contributed by atoms with Crippen LogP contribution in [0.1, 0.15) is 11.3 Å². The lowest BCUT2D eigenvalue weighted by Gasteiger charge is -2.01. The fraction of sp³-hybridized carbons (Fsp3) is 0.143. The van der Waals surface area contributed by atoms with Crippen molar-refractivity contribution in [1.82, 2.24) is 9.78 Å². The fourth-order valence-electron chi connectivity index (χ4n) is 1.74. The van der Waals surface area contributed by atoms with Crippen LogP contribution in [0, 0.1) is 12.7 Å². The maximum Gasteiger partial charge on any atom is 0.248 e. The number of aromatic nitrogens is 2. The van der Waals surface area contributed by atoms with E-state index in [1.807, 2.05) is 0 Å². The monoisotopic (exact) mass is 293 g/mol. The molecule has 0 aliphatic heterocycles. The van der Waals surface area contributed by atoms with Gasteiger partial charge in [0.1, 0.15) is 11.0 Å². The van der Waals surface area contributed by atoms with Crippen LogP contribution in [0.5, 0.6) is 0 Å². The van der Waals surface area contributed by atoms with Gasteiger partial charge in [-0.3, -0.25) is 9.48 Å². The molecule has 0 bridgehead atoms. The van der Waals surface area contributed by atoms with Crippen LogP contribution in [0.25, 0.3) is 6.08 Å². The van der Waals surface area contributed by atoms with E-state index in [0.29, 0.717) is 16.4 Å². The van der Waals surface area contributed by atoms with Gasteiger partial charge in [0.25, 0.3) is 0 Å². The lowest BCUT2D eigenvalue weighted by Crippen LogP contribution is -2.07. The van der Waals surface area contributed by atoms with Crippen molar-refractivity contribution in [3.05, 3.63) is 52.6 Å². The van der Waals surface area contributed by atoms with Crippen molar-refractivity contribution in [2.24, 2.45) is 7.05 Å². The highest BCUT2D eigenvalue weighted by atomic mass is 35.5. The Hall–Kier alpha value is -2.14. The van der Waals surface area contributed by atoms with Crippen LogP contribution in [0.2, 0.25) is 5.15 Å². The smallest absolute Gasteiger partial charge is 0.248 e. The van der Waals surface area contributed by atoms with Crippen molar-refractivity contribution < 1.29 is 9.18 Å². The highest BCUT2D eigenvalue weighted by Gasteiger charge is 2.08. The molecule has 0 aliphatic carbocycles. The molecule has 20 heavy (non-hydrogen) atoms. The molecule has 2 rings (SSSR count). The number of rotatable bonds is 3. The predicted molar refractivity (Wildman–Crippen MR) is 77.0 cm³/mol. The Morgan fingerprint density at radius 1 is 1.50 bits per heavy atom. The topological polar surface area (TPSA) is 46.9 Å². The summed E-state index contributed by atoms with van der Waals surface area (Å²) in [6.07, 6.45) is 2.92. The van der Waals surface area contributed by atoms with Gasteiger partial charge in [-0.15, -0.1) is 0 Å². The first-order valence-corrected chi connectivity index (χ1v) is 6.29. The second-order valence-corrected chi connectivity index (χ2v) is 4.60. The SMILES string of the molecule is Cc1nn(C)c(Cl)c1/C=C/C(=O)Nc1cccc(F)c1. The molecular weight excluding hydrogens is 281 g/mol. The number of halogens is 2. The molecule has 1 aromatic carbocycles. The number of amides is 1. The number of nitrogens with zero attached hydrogens (tertiary/aromatic N) is 2. The molecule has 1 aromatic heterocycles. The summed E-state index contributed by atoms with van der Waals surface area (Å²) in [4.78, 5) is 11.7. The molecule has 0 aliphatic rings. The molecule has 0 fully saturated rings. The summed E-state index contributed by atoms with van der Waals surface area (Å²) in [6, 6.07) is 5.69. The number of hydrogen-bond donors (Lipinski definition) is 1. The average molecular weight is 294 g/mol. The summed E-state index contributed by atoms with van der Waals surface area (Å²) in [5.74, 6) is -0.771. The van der Waals surface area contributed by atoms with Gasteiger partial charge in [0.05, 0.1) is 5.69 Å². The van der Waals surface area contributed by atoms with E-state index in [0.717, 1.165) is 5.69 Å². The third kappa shape index (κ3) is 3.24. The Bertz CT molecular complexity index is 679. The molecule has 104 valence electrons. The van der Waals surface area contributed by atoms with Crippen LogP contribution in [-0.2, 0) is 11.8 Å². The number of benzene rings is 1. The van der Waals surface area contributed by atoms with E-state index in [9.17, 15) is 9.18 Å². The van der Waals surface area contributed by atoms with Crippen molar-refractivity contribution >= 4 is 29.3 Å². The van der Waals surface area contributed by atoms with Gasteiger partial charge in [0, 0.05) is 24.4 Å². The third-order valence-electron chi connectivity index (χ3n) is 2.69. The lowest BCUT2D eigenvalue weighted by atomic mass is 10.2. The molecule has 0 spiro atoms. The Balaban J connectivity index is 2.10. The Morgan fingerprint density at radius 2 is 2.25 bits per heavy atom. The first kappa shape index (κ1) is 14.3. The zero-order valence-electron chi connectivity index (χ0n) is 11.0. The maximum absolute atomic E-state index is 13.0. The van der Waals surface area contributed by atoms with Gasteiger partial charge in [-0.2, -0.15) is 5.10 Å². The molecule has 2 aromatic rings. The van der Waals surface area contributed by atoms with E-state index < -0.39 is 5.82 Å². The van der Waals surface area contributed by atoms with Gasteiger partial charge >= 0.3 is 0 Å². The molecule has 1 N–H and O–H groups in total. The normalized spacial score (nSPS) is 11.0. The summed E-state index contributed by atoms with van der Waals surface area (Å²) in [5, 5.41) is 7.15. The molecule has 0 saturated carbocycles. The number of hydrogen-bond acceptors (Lipinski definition) is 2. The molecule has 0 atom stereocenters. The summed E-state index contributed by atoms with van der Waals surface area (Å²) in [7, 11) is 1.72. The van der Waals surface area contributed by atoms with E-state index in [-0.39, 0.29) is 5.91 Å². The molecule has 1 heterocycles. The van der Waals surface area contributed by atoms with Crippen LogP contribution in [0.15, 0.2) is 30.3 Å². The van der Waals surface area contributed by atoms with E-state index in [2.05, 4.69) is 10.4 Å². The van der Waals surface area contributed by atoms with Gasteiger partial charge in [0.15, 0.2) is 0 Å². The van der Waals surface area contributed by atoms with Crippen molar-refractivity contribution in [3.63, 3.8) is 0 Å². The van der Waals surface area contributed by atoms with Crippen LogP contribution in [0.4, 0.5) is 10.1 Å². The Kier molecular flexibility index (Phi) is 4.20. The molecular formula is C14H13ClFN3O. The summed E-state index contributed by atoms with van der Waals surface area (Å²) >= 11 is 6.05. The summed E-state index contributed by atoms with van der Waals surface area (Å²) < 4.78 is 14.5. The van der Waals surface area contributed by atoms with Crippen LogP contribution < -0.4 is 5.32 Å². The molecule has 0 saturated heterocycles. The first-order chi connectivity index (χ1) is 9.47. The fourth-order valence-corrected chi connectivity index (χ4v) is 1.98. The predicted octanol–water partition coefficient (Wildman–Crippen LogP) is 3.17. The number of anilines is 1. The minimum Gasteiger partial charge on any atom is -0.322 e. The minimum atomic E-state index is -0.405. The lowest BCUT2D eigenvalue weighted by molar-refractivity contribution is -0.111. The third-order valence-corrected chi connectivity index (χ3v) is 3.14. The Labute approximate surface area is 120 Å². The van der Waals surface area contributed by atoms with Crippen molar-refractivity contribution in [2.45, 2.75) is 6.92 Å². The van der Waals surface area contributed by atoms with E-state index in [4.69, 9.17) is 11.6 Å². The molecule has 1 amide bonds. The second kappa shape index (κ2) is 5.88. The number of carbonyl (C=O) groups excluding carboxylic acids is 1. The van der Waals surface area contributed by atoms with Crippen LogP contribution >= 0.6 is 11.6 Å². The van der Waals surface area contributed by atoms with E-state index in [1.165, 1.54) is 29.0 Å². The molecule has 0 radical (unpaired) electrons. The standard InChI is InChI=1S/C14H13ClFN3O/c1-9-12(14(15)19(2)18-9)6-7-13(20)17-11-5-3-4-10(16)8-11/h3-8H,1-2H3,(H,17,20)/b7-6+. The highest BCUT2D eigenvalue weighted by Crippen LogP contribution is 2.20. The van der Waals surface area contributed by atoms with Crippen molar-refractivity contribution in [3.8, 4) is 0 Å². The number of carbonyl (C=O) groups is 1. The zero-order valence-corrected chi connectivity index (χ0v) is 11.8. The molecule has 0 unspecified atom stereocenters. The van der Waals surface area contributed by atoms with Gasteiger partial charge in [-0.25, -0.2) is 4.39 Å². The molecule has 6 heteroatoms. The van der Waals surface area contributed by atoms with E-state index >= 15 is 0 Å². The number of aryl methyl sites for hydroxylation is 2. The zero-order chi connectivity index (χ0) is 14.7. The van der Waals surface area contributed by atoms with Gasteiger partial charge < -0.3 is 5.32 Å². The quantitative estimate of drug-likeness (QED) is 0.884. The largest absolute Gasteiger partial charge is 0.322 e. The van der Waals surface area contributed by atoms with Crippen molar-refractivity contribution in [1.29, 1.82) is 0 Å². The first-order valence-electron chi connectivity index (χ1n) is 5.91. The summed E-state index contributed by atoms with van der Waals surface area (Å²) in [6.45, 7) is 1.80. The van der Waals surface area contributed by atoms with Gasteiger partial charge in [-0.05, 0) is 31.2 Å². The van der Waals surface area contributed by atoms with Crippen LogP contribution in [0.3, 0.4) is 0 Å². The van der Waals surface area contributed by atoms with Crippen LogP contribution in [-0.4, -0.2) is 15.7 Å². The van der Waals surface area contributed by atoms with Gasteiger partial charge in [0.2, 0.25) is 5.91 Å².